The fraction of sp³-hybridized carbons (Fsp3) is 0.700. The van der Waals surface area contributed by atoms with Crippen LogP contribution in [0.25, 0.3) is 0 Å². The van der Waals surface area contributed by atoms with E-state index in [-0.39, 0.29) is 35.6 Å². The van der Waals surface area contributed by atoms with E-state index in [4.69, 9.17) is 4.74 Å². The summed E-state index contributed by atoms with van der Waals surface area (Å²) in [5, 5.41) is 16.2. The molecule has 1 aromatic rings. The summed E-state index contributed by atoms with van der Waals surface area (Å²) in [5.41, 5.74) is 0.539. The van der Waals surface area contributed by atoms with Gasteiger partial charge >= 0.3 is 6.09 Å². The Kier molecular flexibility index (Phi) is 11.5. The van der Waals surface area contributed by atoms with Gasteiger partial charge < -0.3 is 25.4 Å². The average Bonchev–Trinajstić information content (AvgIpc) is 2.85. The Hall–Kier alpha value is -2.77. The predicted octanol–water partition coefficient (Wildman–Crippen LogP) is 5.76. The highest BCUT2D eigenvalue weighted by Crippen LogP contribution is 2.31. The van der Waals surface area contributed by atoms with E-state index in [1.807, 2.05) is 27.7 Å². The van der Waals surface area contributed by atoms with Gasteiger partial charge in [-0.05, 0) is 83.1 Å². The van der Waals surface area contributed by atoms with E-state index < -0.39 is 23.8 Å². The predicted molar refractivity (Wildman–Crippen MR) is 150 cm³/mol. The van der Waals surface area contributed by atoms with Gasteiger partial charge in [-0.2, -0.15) is 0 Å². The smallest absolute Gasteiger partial charge is 0.408 e. The van der Waals surface area contributed by atoms with Crippen molar-refractivity contribution in [1.82, 2.24) is 15.5 Å². The maximum Gasteiger partial charge on any atom is 0.408 e. The van der Waals surface area contributed by atoms with Crippen molar-refractivity contribution < 1.29 is 24.2 Å². The van der Waals surface area contributed by atoms with Gasteiger partial charge in [0.05, 0.1) is 0 Å². The molecule has 3 N–H and O–H groups in total. The molecule has 214 valence electrons. The minimum atomic E-state index is -0.911. The molecule has 3 amide bonds. The SMILES string of the molecule is CCC(C)C(NC(=O)OC(C)(C)C)C(=O)N(C(C)CC)C(C(=O)NC1CCCCC1)c1ccc(O)c(C)c1. The van der Waals surface area contributed by atoms with E-state index >= 15 is 0 Å². The minimum absolute atomic E-state index is 0.0658. The van der Waals surface area contributed by atoms with E-state index in [1.54, 1.807) is 50.8 Å². The summed E-state index contributed by atoms with van der Waals surface area (Å²) < 4.78 is 5.47. The first-order valence-corrected chi connectivity index (χ1v) is 14.2. The number of aryl methyl sites for hydroxylation is 1. The van der Waals surface area contributed by atoms with Crippen LogP contribution < -0.4 is 10.6 Å². The van der Waals surface area contributed by atoms with E-state index in [1.165, 1.54) is 0 Å². The van der Waals surface area contributed by atoms with Crippen LogP contribution in [-0.2, 0) is 14.3 Å². The molecule has 0 aliphatic heterocycles. The number of nitrogens with zero attached hydrogens (tertiary/aromatic N) is 1. The van der Waals surface area contributed by atoms with Gasteiger partial charge in [0, 0.05) is 12.1 Å². The third kappa shape index (κ3) is 8.63. The second-order valence-corrected chi connectivity index (χ2v) is 11.8. The molecule has 38 heavy (non-hydrogen) atoms. The molecule has 0 spiro atoms. The summed E-state index contributed by atoms with van der Waals surface area (Å²) in [7, 11) is 0. The number of carbonyl (C=O) groups excluding carboxylic acids is 3. The van der Waals surface area contributed by atoms with Gasteiger partial charge in [-0.25, -0.2) is 4.79 Å². The molecular formula is C30H49N3O5. The summed E-state index contributed by atoms with van der Waals surface area (Å²) in [6.45, 7) is 14.9. The van der Waals surface area contributed by atoms with Crippen LogP contribution in [0.1, 0.15) is 111 Å². The van der Waals surface area contributed by atoms with E-state index in [0.717, 1.165) is 32.1 Å². The molecule has 1 saturated carbocycles. The zero-order valence-electron chi connectivity index (χ0n) is 24.6. The quantitative estimate of drug-likeness (QED) is 0.356. The van der Waals surface area contributed by atoms with E-state index in [0.29, 0.717) is 24.0 Å². The van der Waals surface area contributed by atoms with Crippen molar-refractivity contribution >= 4 is 17.9 Å². The number of aromatic hydroxyl groups is 1. The lowest BCUT2D eigenvalue weighted by atomic mass is 9.92. The largest absolute Gasteiger partial charge is 0.508 e. The van der Waals surface area contributed by atoms with Gasteiger partial charge in [0.15, 0.2) is 0 Å². The van der Waals surface area contributed by atoms with Crippen molar-refractivity contribution in [3.63, 3.8) is 0 Å². The van der Waals surface area contributed by atoms with Crippen molar-refractivity contribution in [3.8, 4) is 5.75 Å². The number of rotatable bonds is 10. The number of phenolic OH excluding ortho intramolecular Hbond substituents is 1. The Bertz CT molecular complexity index is 952. The molecule has 0 bridgehead atoms. The van der Waals surface area contributed by atoms with Gasteiger partial charge in [-0.1, -0.05) is 52.5 Å². The van der Waals surface area contributed by atoms with Crippen LogP contribution >= 0.6 is 0 Å². The van der Waals surface area contributed by atoms with E-state index in [2.05, 4.69) is 10.6 Å². The van der Waals surface area contributed by atoms with Crippen LogP contribution in [0.5, 0.6) is 5.75 Å². The second-order valence-electron chi connectivity index (χ2n) is 11.8. The number of ether oxygens (including phenoxy) is 1. The first kappa shape index (κ1) is 31.4. The second kappa shape index (κ2) is 13.9. The molecule has 1 aliphatic carbocycles. The topological polar surface area (TPSA) is 108 Å². The van der Waals surface area contributed by atoms with E-state index in [9.17, 15) is 19.5 Å². The highest BCUT2D eigenvalue weighted by Gasteiger charge is 2.40. The van der Waals surface area contributed by atoms with Gasteiger partial charge in [0.25, 0.3) is 0 Å². The molecule has 1 aliphatic rings. The lowest BCUT2D eigenvalue weighted by Crippen LogP contribution is -2.57. The molecule has 0 heterocycles. The van der Waals surface area contributed by atoms with Crippen LogP contribution in [0.2, 0.25) is 0 Å². The lowest BCUT2D eigenvalue weighted by Gasteiger charge is -2.40. The highest BCUT2D eigenvalue weighted by molar-refractivity contribution is 5.92. The Morgan fingerprint density at radius 2 is 1.71 bits per heavy atom. The van der Waals surface area contributed by atoms with Crippen LogP contribution in [0.15, 0.2) is 18.2 Å². The summed E-state index contributed by atoms with van der Waals surface area (Å²) in [6.07, 6.45) is 5.74. The molecule has 4 unspecified atom stereocenters. The number of hydrogen-bond acceptors (Lipinski definition) is 5. The van der Waals surface area contributed by atoms with Crippen molar-refractivity contribution in [2.75, 3.05) is 0 Å². The molecule has 0 radical (unpaired) electrons. The molecule has 8 heteroatoms. The van der Waals surface area contributed by atoms with Crippen LogP contribution in [0.4, 0.5) is 4.79 Å². The number of benzene rings is 1. The molecule has 0 saturated heterocycles. The zero-order valence-corrected chi connectivity index (χ0v) is 24.6. The number of hydrogen-bond donors (Lipinski definition) is 3. The van der Waals surface area contributed by atoms with Gasteiger partial charge in [-0.15, -0.1) is 0 Å². The minimum Gasteiger partial charge on any atom is -0.508 e. The van der Waals surface area contributed by atoms with Crippen molar-refractivity contribution in [2.24, 2.45) is 5.92 Å². The van der Waals surface area contributed by atoms with Crippen molar-refractivity contribution in [3.05, 3.63) is 29.3 Å². The third-order valence-corrected chi connectivity index (χ3v) is 7.49. The van der Waals surface area contributed by atoms with Crippen molar-refractivity contribution in [2.45, 2.75) is 130 Å². The first-order valence-electron chi connectivity index (χ1n) is 14.2. The fourth-order valence-corrected chi connectivity index (χ4v) is 4.89. The molecule has 1 fully saturated rings. The molecule has 4 atom stereocenters. The number of amides is 3. The Balaban J connectivity index is 2.54. The molecular weight excluding hydrogens is 482 g/mol. The summed E-state index contributed by atoms with van der Waals surface area (Å²) in [5.74, 6) is -0.624. The van der Waals surface area contributed by atoms with Gasteiger partial charge in [-0.3, -0.25) is 9.59 Å². The van der Waals surface area contributed by atoms with Gasteiger partial charge in [0.2, 0.25) is 11.8 Å². The first-order chi connectivity index (χ1) is 17.8. The van der Waals surface area contributed by atoms with Crippen molar-refractivity contribution in [1.29, 1.82) is 0 Å². The molecule has 8 nitrogen and oxygen atoms in total. The molecule has 0 aromatic heterocycles. The maximum absolute atomic E-state index is 14.3. The Labute approximate surface area is 228 Å². The van der Waals surface area contributed by atoms with Crippen LogP contribution in [0.3, 0.4) is 0 Å². The highest BCUT2D eigenvalue weighted by atomic mass is 16.6. The summed E-state index contributed by atoms with van der Waals surface area (Å²) in [6, 6.07) is 3.04. The molecule has 2 rings (SSSR count). The standard InChI is InChI=1S/C30H49N3O5/c1-9-19(3)25(32-29(37)38-30(6,7)8)28(36)33(21(5)10-2)26(22-16-17-24(34)20(4)18-22)27(35)31-23-14-12-11-13-15-23/h16-19,21,23,25-26,34H,9-15H2,1-8H3,(H,31,35)(H,32,37). The fourth-order valence-electron chi connectivity index (χ4n) is 4.89. The average molecular weight is 532 g/mol. The normalized spacial score (nSPS) is 17.6. The lowest BCUT2D eigenvalue weighted by molar-refractivity contribution is -0.146. The van der Waals surface area contributed by atoms with Crippen LogP contribution in [-0.4, -0.2) is 51.6 Å². The maximum atomic E-state index is 14.3. The zero-order chi connectivity index (χ0) is 28.6. The number of alkyl carbamates (subject to hydrolysis) is 1. The Morgan fingerprint density at radius 3 is 2.24 bits per heavy atom. The third-order valence-electron chi connectivity index (χ3n) is 7.49. The Morgan fingerprint density at radius 1 is 1.08 bits per heavy atom. The summed E-state index contributed by atoms with van der Waals surface area (Å²) in [4.78, 5) is 42.7. The van der Waals surface area contributed by atoms with Crippen LogP contribution in [0, 0.1) is 12.8 Å². The number of phenols is 1. The molecule has 1 aromatic carbocycles. The monoisotopic (exact) mass is 531 g/mol. The summed E-state index contributed by atoms with van der Waals surface area (Å²) >= 11 is 0. The number of nitrogens with one attached hydrogen (secondary N) is 2. The number of carbonyl (C=O) groups is 3. The van der Waals surface area contributed by atoms with Gasteiger partial charge in [0.1, 0.15) is 23.4 Å².